The van der Waals surface area contributed by atoms with Crippen LogP contribution in [0.15, 0.2) is 30.3 Å². The van der Waals surface area contributed by atoms with Gasteiger partial charge >= 0.3 is 0 Å². The lowest BCUT2D eigenvalue weighted by atomic mass is 10.1. The first-order chi connectivity index (χ1) is 11.2. The van der Waals surface area contributed by atoms with Gasteiger partial charge in [-0.3, -0.25) is 0 Å². The Balaban J connectivity index is 1.59. The number of rotatable bonds is 5. The van der Waals surface area contributed by atoms with E-state index in [4.69, 9.17) is 22.1 Å². The Labute approximate surface area is 140 Å². The van der Waals surface area contributed by atoms with Gasteiger partial charge in [0.2, 0.25) is 5.95 Å². The van der Waals surface area contributed by atoms with Gasteiger partial charge in [0.1, 0.15) is 16.7 Å². The van der Waals surface area contributed by atoms with Gasteiger partial charge in [0.15, 0.2) is 0 Å². The van der Waals surface area contributed by atoms with Gasteiger partial charge < -0.3 is 20.7 Å². The molecule has 0 aliphatic carbocycles. The summed E-state index contributed by atoms with van der Waals surface area (Å²) in [4.78, 5) is 10.3. The molecule has 1 fully saturated rings. The van der Waals surface area contributed by atoms with Gasteiger partial charge in [-0.2, -0.15) is 4.98 Å². The van der Waals surface area contributed by atoms with Crippen molar-refractivity contribution in [2.24, 2.45) is 5.92 Å². The summed E-state index contributed by atoms with van der Waals surface area (Å²) in [6.07, 6.45) is 1.11. The number of para-hydroxylation sites is 2. The fourth-order valence-corrected chi connectivity index (χ4v) is 3.07. The molecule has 7 heteroatoms. The van der Waals surface area contributed by atoms with Crippen molar-refractivity contribution in [2.45, 2.75) is 6.42 Å². The summed E-state index contributed by atoms with van der Waals surface area (Å²) in [6.45, 7) is 2.81. The lowest BCUT2D eigenvalue weighted by Gasteiger charge is -2.21. The predicted octanol–water partition coefficient (Wildman–Crippen LogP) is 2.66. The third-order valence-electron chi connectivity index (χ3n) is 4.00. The summed E-state index contributed by atoms with van der Waals surface area (Å²) < 4.78 is 5.45. The second-order valence-electron chi connectivity index (χ2n) is 5.59. The zero-order valence-electron chi connectivity index (χ0n) is 13.0. The van der Waals surface area contributed by atoms with Crippen molar-refractivity contribution in [3.63, 3.8) is 0 Å². The number of nitrogen functional groups attached to an aromatic ring is 1. The van der Waals surface area contributed by atoms with Crippen LogP contribution in [-0.4, -0.2) is 36.7 Å². The highest BCUT2D eigenvalue weighted by Crippen LogP contribution is 2.32. The van der Waals surface area contributed by atoms with Crippen LogP contribution in [0.3, 0.4) is 0 Å². The summed E-state index contributed by atoms with van der Waals surface area (Å²) in [7, 11) is 1.71. The summed E-state index contributed by atoms with van der Waals surface area (Å²) >= 11 is 5.89. The Bertz CT molecular complexity index is 661. The molecule has 1 aromatic carbocycles. The summed E-state index contributed by atoms with van der Waals surface area (Å²) in [5, 5.41) is 3.64. The Kier molecular flexibility index (Phi) is 4.71. The molecule has 6 nitrogen and oxygen atoms in total. The first-order valence-electron chi connectivity index (χ1n) is 7.57. The van der Waals surface area contributed by atoms with Crippen molar-refractivity contribution in [2.75, 3.05) is 42.7 Å². The van der Waals surface area contributed by atoms with E-state index in [2.05, 4.69) is 26.3 Å². The van der Waals surface area contributed by atoms with Crippen molar-refractivity contribution in [3.8, 4) is 5.75 Å². The van der Waals surface area contributed by atoms with E-state index in [-0.39, 0.29) is 5.95 Å². The smallest absolute Gasteiger partial charge is 0.223 e. The molecule has 1 aliphatic heterocycles. The summed E-state index contributed by atoms with van der Waals surface area (Å²) in [5.74, 6) is 2.28. The number of nitrogens with zero attached hydrogens (tertiary/aromatic N) is 3. The van der Waals surface area contributed by atoms with Gasteiger partial charge in [-0.05, 0) is 24.5 Å². The molecule has 0 radical (unpaired) electrons. The second-order valence-corrected chi connectivity index (χ2v) is 5.97. The maximum atomic E-state index is 5.89. The first-order valence-corrected chi connectivity index (χ1v) is 7.95. The van der Waals surface area contributed by atoms with Gasteiger partial charge in [-0.1, -0.05) is 23.7 Å². The Morgan fingerprint density at radius 2 is 2.22 bits per heavy atom. The van der Waals surface area contributed by atoms with E-state index >= 15 is 0 Å². The van der Waals surface area contributed by atoms with Crippen LogP contribution in [-0.2, 0) is 0 Å². The number of hydrogen-bond donors (Lipinski definition) is 2. The Morgan fingerprint density at radius 3 is 3.00 bits per heavy atom. The second kappa shape index (κ2) is 6.91. The molecule has 1 aromatic heterocycles. The number of nitrogens with two attached hydrogens (primary N) is 1. The monoisotopic (exact) mass is 333 g/mol. The molecule has 23 heavy (non-hydrogen) atoms. The van der Waals surface area contributed by atoms with Gasteiger partial charge in [0, 0.05) is 25.7 Å². The molecule has 0 amide bonds. The van der Waals surface area contributed by atoms with Crippen molar-refractivity contribution < 1.29 is 4.74 Å². The number of ether oxygens (including phenoxy) is 1. The minimum atomic E-state index is 0.182. The molecule has 3 N–H and O–H groups in total. The number of hydrogen-bond acceptors (Lipinski definition) is 6. The molecule has 0 spiro atoms. The van der Waals surface area contributed by atoms with Gasteiger partial charge in [0.05, 0.1) is 12.8 Å². The highest BCUT2D eigenvalue weighted by molar-refractivity contribution is 6.29. The van der Waals surface area contributed by atoms with Crippen LogP contribution in [0.25, 0.3) is 0 Å². The Hall–Kier alpha value is -2.21. The molecule has 1 aliphatic rings. The van der Waals surface area contributed by atoms with E-state index in [1.165, 1.54) is 0 Å². The van der Waals surface area contributed by atoms with Crippen LogP contribution in [0.2, 0.25) is 5.15 Å². The Morgan fingerprint density at radius 1 is 1.39 bits per heavy atom. The number of nitrogens with one attached hydrogen (secondary N) is 1. The highest BCUT2D eigenvalue weighted by atomic mass is 35.5. The molecule has 1 unspecified atom stereocenters. The standard InChI is InChI=1S/C16H20ClN5O/c1-23-13-5-3-2-4-12(13)22-7-6-11(10-22)9-19-15-8-14(17)20-16(18)21-15/h2-5,8,11H,6-7,9-10H2,1H3,(H3,18,19,20,21). The maximum absolute atomic E-state index is 5.89. The lowest BCUT2D eigenvalue weighted by Crippen LogP contribution is -2.23. The average molecular weight is 334 g/mol. The van der Waals surface area contributed by atoms with Crippen LogP contribution in [0.1, 0.15) is 6.42 Å². The van der Waals surface area contributed by atoms with E-state index in [9.17, 15) is 0 Å². The summed E-state index contributed by atoms with van der Waals surface area (Å²) in [6, 6.07) is 9.80. The van der Waals surface area contributed by atoms with Crippen LogP contribution in [0, 0.1) is 5.92 Å². The van der Waals surface area contributed by atoms with E-state index in [0.717, 1.165) is 37.5 Å². The number of methoxy groups -OCH3 is 1. The molecule has 0 bridgehead atoms. The molecule has 1 saturated heterocycles. The molecule has 2 aromatic rings. The number of benzene rings is 1. The maximum Gasteiger partial charge on any atom is 0.223 e. The topological polar surface area (TPSA) is 76.3 Å². The van der Waals surface area contributed by atoms with E-state index in [1.54, 1.807) is 13.2 Å². The molecular weight excluding hydrogens is 314 g/mol. The fourth-order valence-electron chi connectivity index (χ4n) is 2.88. The zero-order valence-corrected chi connectivity index (χ0v) is 13.8. The molecule has 3 rings (SSSR count). The van der Waals surface area contributed by atoms with Gasteiger partial charge in [-0.15, -0.1) is 0 Å². The van der Waals surface area contributed by atoms with Crippen molar-refractivity contribution in [1.29, 1.82) is 0 Å². The molecule has 122 valence electrons. The van der Waals surface area contributed by atoms with Gasteiger partial charge in [-0.25, -0.2) is 4.98 Å². The minimum Gasteiger partial charge on any atom is -0.495 e. The van der Waals surface area contributed by atoms with E-state index in [1.807, 2.05) is 18.2 Å². The molecule has 0 saturated carbocycles. The molecular formula is C16H20ClN5O. The zero-order chi connectivity index (χ0) is 16.2. The third-order valence-corrected chi connectivity index (χ3v) is 4.19. The third kappa shape index (κ3) is 3.76. The SMILES string of the molecule is COc1ccccc1N1CCC(CNc2cc(Cl)nc(N)n2)C1. The largest absolute Gasteiger partial charge is 0.495 e. The molecule has 2 heterocycles. The van der Waals surface area contributed by atoms with Crippen molar-refractivity contribution in [3.05, 3.63) is 35.5 Å². The normalized spacial score (nSPS) is 17.3. The van der Waals surface area contributed by atoms with Crippen molar-refractivity contribution in [1.82, 2.24) is 9.97 Å². The quantitative estimate of drug-likeness (QED) is 0.819. The van der Waals surface area contributed by atoms with Crippen LogP contribution < -0.4 is 20.7 Å². The average Bonchev–Trinajstić information content (AvgIpc) is 3.01. The van der Waals surface area contributed by atoms with Crippen LogP contribution in [0.5, 0.6) is 5.75 Å². The van der Waals surface area contributed by atoms with Crippen LogP contribution >= 0.6 is 11.6 Å². The highest BCUT2D eigenvalue weighted by Gasteiger charge is 2.24. The van der Waals surface area contributed by atoms with E-state index < -0.39 is 0 Å². The first kappa shape index (κ1) is 15.7. The van der Waals surface area contributed by atoms with Crippen molar-refractivity contribution >= 4 is 29.1 Å². The van der Waals surface area contributed by atoms with Crippen LogP contribution in [0.4, 0.5) is 17.5 Å². The van der Waals surface area contributed by atoms with E-state index in [0.29, 0.717) is 16.9 Å². The number of aromatic nitrogens is 2. The predicted molar refractivity (Wildman–Crippen MR) is 93.3 cm³/mol. The fraction of sp³-hybridized carbons (Fsp3) is 0.375. The lowest BCUT2D eigenvalue weighted by molar-refractivity contribution is 0.414. The number of halogens is 1. The molecule has 1 atom stereocenters. The summed E-state index contributed by atoms with van der Waals surface area (Å²) in [5.41, 5.74) is 6.75. The minimum absolute atomic E-state index is 0.182. The van der Waals surface area contributed by atoms with Gasteiger partial charge in [0.25, 0.3) is 0 Å². The number of anilines is 3.